The number of likely N-dealkylation sites (N-methyl/N-ethyl adjacent to an activating group) is 1. The highest BCUT2D eigenvalue weighted by Gasteiger charge is 2.10. The Morgan fingerprint density at radius 2 is 2.18 bits per heavy atom. The predicted octanol–water partition coefficient (Wildman–Crippen LogP) is 1.83. The lowest BCUT2D eigenvalue weighted by molar-refractivity contribution is 0.0418. The van der Waals surface area contributed by atoms with Crippen molar-refractivity contribution in [2.24, 2.45) is 0 Å². The standard InChI is InChI=1S/C11H16Cl2N2O2/c1-15(6-9(16)7-17-2)5-8-3-4-10(12)14-11(8)13/h3-4,9,16H,5-7H2,1-2H3. The second-order valence-electron chi connectivity index (χ2n) is 3.89. The van der Waals surface area contributed by atoms with Gasteiger partial charge in [-0.2, -0.15) is 0 Å². The highest BCUT2D eigenvalue weighted by atomic mass is 35.5. The van der Waals surface area contributed by atoms with Crippen molar-refractivity contribution >= 4 is 23.2 Å². The van der Waals surface area contributed by atoms with Gasteiger partial charge in [0.2, 0.25) is 0 Å². The first kappa shape index (κ1) is 14.7. The zero-order valence-electron chi connectivity index (χ0n) is 9.86. The Hall–Kier alpha value is -0.390. The molecule has 0 saturated carbocycles. The molecule has 0 fully saturated rings. The van der Waals surface area contributed by atoms with E-state index < -0.39 is 6.10 Å². The van der Waals surface area contributed by atoms with Crippen LogP contribution in [0.1, 0.15) is 5.56 Å². The number of aliphatic hydroxyl groups is 1. The van der Waals surface area contributed by atoms with E-state index in [0.29, 0.717) is 30.0 Å². The summed E-state index contributed by atoms with van der Waals surface area (Å²) < 4.78 is 4.86. The molecule has 1 aromatic rings. The van der Waals surface area contributed by atoms with Gasteiger partial charge in [-0.25, -0.2) is 4.98 Å². The van der Waals surface area contributed by atoms with Crippen LogP contribution >= 0.6 is 23.2 Å². The Morgan fingerprint density at radius 1 is 1.47 bits per heavy atom. The molecule has 0 aliphatic rings. The van der Waals surface area contributed by atoms with Crippen molar-refractivity contribution in [3.05, 3.63) is 28.0 Å². The SMILES string of the molecule is COCC(O)CN(C)Cc1ccc(Cl)nc1Cl. The Kier molecular flexibility index (Phi) is 6.16. The molecule has 0 aliphatic carbocycles. The summed E-state index contributed by atoms with van der Waals surface area (Å²) in [4.78, 5) is 5.90. The topological polar surface area (TPSA) is 45.6 Å². The number of aromatic nitrogens is 1. The number of methoxy groups -OCH3 is 1. The van der Waals surface area contributed by atoms with Crippen LogP contribution in [0, 0.1) is 0 Å². The molecule has 0 spiro atoms. The summed E-state index contributed by atoms with van der Waals surface area (Å²) in [6, 6.07) is 3.53. The van der Waals surface area contributed by atoms with E-state index in [1.807, 2.05) is 18.0 Å². The number of ether oxygens (including phenoxy) is 1. The molecule has 0 saturated heterocycles. The van der Waals surface area contributed by atoms with Crippen molar-refractivity contribution < 1.29 is 9.84 Å². The third-order valence-corrected chi connectivity index (χ3v) is 2.75. The number of nitrogens with zero attached hydrogens (tertiary/aromatic N) is 2. The van der Waals surface area contributed by atoms with Crippen molar-refractivity contribution in [2.45, 2.75) is 12.6 Å². The number of halogens is 2. The predicted molar refractivity (Wildman–Crippen MR) is 68.5 cm³/mol. The molecule has 17 heavy (non-hydrogen) atoms. The lowest BCUT2D eigenvalue weighted by Gasteiger charge is -2.20. The summed E-state index contributed by atoms with van der Waals surface area (Å²) in [7, 11) is 3.45. The maximum absolute atomic E-state index is 9.57. The molecule has 4 nitrogen and oxygen atoms in total. The molecule has 0 aromatic carbocycles. The molecular formula is C11H16Cl2N2O2. The highest BCUT2D eigenvalue weighted by Crippen LogP contribution is 2.17. The Morgan fingerprint density at radius 3 is 2.76 bits per heavy atom. The summed E-state index contributed by atoms with van der Waals surface area (Å²) in [5.41, 5.74) is 0.878. The molecule has 96 valence electrons. The van der Waals surface area contributed by atoms with Gasteiger partial charge in [-0.1, -0.05) is 29.3 Å². The minimum absolute atomic E-state index is 0.316. The molecule has 0 radical (unpaired) electrons. The van der Waals surface area contributed by atoms with Crippen molar-refractivity contribution in [2.75, 3.05) is 27.3 Å². The third-order valence-electron chi connectivity index (χ3n) is 2.21. The summed E-state index contributed by atoms with van der Waals surface area (Å²) in [6.45, 7) is 1.42. The lowest BCUT2D eigenvalue weighted by atomic mass is 10.2. The Labute approximate surface area is 111 Å². The van der Waals surface area contributed by atoms with E-state index in [9.17, 15) is 5.11 Å². The van der Waals surface area contributed by atoms with Gasteiger partial charge in [-0.15, -0.1) is 0 Å². The monoisotopic (exact) mass is 278 g/mol. The Balaban J connectivity index is 2.52. The first-order valence-corrected chi connectivity index (χ1v) is 5.95. The van der Waals surface area contributed by atoms with Gasteiger partial charge in [0.15, 0.2) is 0 Å². The Bertz CT molecular complexity index is 363. The molecule has 0 bridgehead atoms. The fourth-order valence-corrected chi connectivity index (χ4v) is 1.92. The van der Waals surface area contributed by atoms with Crippen LogP contribution in [-0.4, -0.2) is 48.4 Å². The largest absolute Gasteiger partial charge is 0.389 e. The van der Waals surface area contributed by atoms with Gasteiger partial charge in [0, 0.05) is 25.8 Å². The van der Waals surface area contributed by atoms with E-state index in [1.54, 1.807) is 13.2 Å². The molecule has 1 unspecified atom stereocenters. The van der Waals surface area contributed by atoms with Crippen LogP contribution in [0.25, 0.3) is 0 Å². The number of aliphatic hydroxyl groups excluding tert-OH is 1. The van der Waals surface area contributed by atoms with Gasteiger partial charge in [0.25, 0.3) is 0 Å². The molecule has 1 heterocycles. The van der Waals surface area contributed by atoms with Gasteiger partial charge < -0.3 is 9.84 Å². The molecule has 0 aliphatic heterocycles. The number of pyridine rings is 1. The fourth-order valence-electron chi connectivity index (χ4n) is 1.52. The number of hydrogen-bond donors (Lipinski definition) is 1. The van der Waals surface area contributed by atoms with Crippen molar-refractivity contribution in [1.29, 1.82) is 0 Å². The minimum Gasteiger partial charge on any atom is -0.389 e. The summed E-state index contributed by atoms with van der Waals surface area (Å²) in [5.74, 6) is 0. The first-order chi connectivity index (χ1) is 8.02. The fraction of sp³-hybridized carbons (Fsp3) is 0.545. The molecule has 6 heteroatoms. The van der Waals surface area contributed by atoms with E-state index in [2.05, 4.69) is 4.98 Å². The second kappa shape index (κ2) is 7.13. The van der Waals surface area contributed by atoms with Crippen LogP contribution in [0.4, 0.5) is 0 Å². The van der Waals surface area contributed by atoms with E-state index in [1.165, 1.54) is 0 Å². The maximum Gasteiger partial charge on any atom is 0.135 e. The van der Waals surface area contributed by atoms with Crippen LogP contribution in [0.5, 0.6) is 0 Å². The zero-order chi connectivity index (χ0) is 12.8. The van der Waals surface area contributed by atoms with Crippen molar-refractivity contribution in [3.8, 4) is 0 Å². The van der Waals surface area contributed by atoms with Crippen LogP contribution in [0.2, 0.25) is 10.3 Å². The van der Waals surface area contributed by atoms with E-state index in [-0.39, 0.29) is 0 Å². The summed E-state index contributed by atoms with van der Waals surface area (Å²) in [6.07, 6.45) is -0.510. The maximum atomic E-state index is 9.57. The molecule has 1 aromatic heterocycles. The van der Waals surface area contributed by atoms with Crippen LogP contribution < -0.4 is 0 Å². The van der Waals surface area contributed by atoms with Gasteiger partial charge in [-0.3, -0.25) is 4.90 Å². The van der Waals surface area contributed by atoms with Crippen molar-refractivity contribution in [1.82, 2.24) is 9.88 Å². The molecule has 1 rings (SSSR count). The summed E-state index contributed by atoms with van der Waals surface area (Å²) >= 11 is 11.7. The van der Waals surface area contributed by atoms with Gasteiger partial charge in [0.05, 0.1) is 12.7 Å². The quantitative estimate of drug-likeness (QED) is 0.807. The van der Waals surface area contributed by atoms with Gasteiger partial charge in [0.1, 0.15) is 10.3 Å². The molecule has 0 amide bonds. The number of hydrogen-bond acceptors (Lipinski definition) is 4. The highest BCUT2D eigenvalue weighted by molar-refractivity contribution is 6.32. The second-order valence-corrected chi connectivity index (χ2v) is 4.64. The lowest BCUT2D eigenvalue weighted by Crippen LogP contribution is -2.31. The third kappa shape index (κ3) is 5.19. The first-order valence-electron chi connectivity index (χ1n) is 5.19. The molecule has 1 N–H and O–H groups in total. The van der Waals surface area contributed by atoms with Gasteiger partial charge in [-0.05, 0) is 13.1 Å². The van der Waals surface area contributed by atoms with Crippen LogP contribution in [-0.2, 0) is 11.3 Å². The average molecular weight is 279 g/mol. The smallest absolute Gasteiger partial charge is 0.135 e. The van der Waals surface area contributed by atoms with E-state index >= 15 is 0 Å². The normalized spacial score (nSPS) is 13.1. The van der Waals surface area contributed by atoms with Gasteiger partial charge >= 0.3 is 0 Å². The van der Waals surface area contributed by atoms with Crippen LogP contribution in [0.3, 0.4) is 0 Å². The molecular weight excluding hydrogens is 263 g/mol. The van der Waals surface area contributed by atoms with Crippen molar-refractivity contribution in [3.63, 3.8) is 0 Å². The van der Waals surface area contributed by atoms with E-state index in [4.69, 9.17) is 27.9 Å². The number of rotatable bonds is 6. The minimum atomic E-state index is -0.510. The zero-order valence-corrected chi connectivity index (χ0v) is 11.4. The summed E-state index contributed by atoms with van der Waals surface area (Å²) in [5, 5.41) is 10.3. The van der Waals surface area contributed by atoms with E-state index in [0.717, 1.165) is 5.56 Å². The molecule has 1 atom stereocenters. The average Bonchev–Trinajstić information content (AvgIpc) is 2.22. The van der Waals surface area contributed by atoms with Crippen LogP contribution in [0.15, 0.2) is 12.1 Å².